The Balaban J connectivity index is 2.05. The molecule has 24 heavy (non-hydrogen) atoms. The number of carbonyl (C=O) groups is 1. The van der Waals surface area contributed by atoms with E-state index >= 15 is 0 Å². The molecule has 1 aliphatic rings. The zero-order valence-corrected chi connectivity index (χ0v) is 16.4. The van der Waals surface area contributed by atoms with E-state index in [0.29, 0.717) is 13.2 Å². The van der Waals surface area contributed by atoms with Crippen molar-refractivity contribution in [2.75, 3.05) is 13.2 Å². The highest BCUT2D eigenvalue weighted by Gasteiger charge is 2.37. The van der Waals surface area contributed by atoms with Crippen molar-refractivity contribution in [2.24, 2.45) is 0 Å². The number of nitrogens with one attached hydrogen (secondary N) is 1. The molecule has 4 nitrogen and oxygen atoms in total. The van der Waals surface area contributed by atoms with Crippen molar-refractivity contribution in [1.29, 1.82) is 0 Å². The lowest BCUT2D eigenvalue weighted by molar-refractivity contribution is -0.134. The molecule has 0 amide bonds. The molecule has 0 aromatic heterocycles. The van der Waals surface area contributed by atoms with Gasteiger partial charge in [-0.1, -0.05) is 51.1 Å². The molecule has 1 aromatic carbocycles. The summed E-state index contributed by atoms with van der Waals surface area (Å²) >= 11 is 0. The molecule has 1 aromatic rings. The topological polar surface area (TPSA) is 47.6 Å². The summed E-state index contributed by atoms with van der Waals surface area (Å²) in [5.74, 6) is -0.277. The number of benzene rings is 1. The van der Waals surface area contributed by atoms with E-state index in [9.17, 15) is 4.79 Å². The predicted octanol–water partition coefficient (Wildman–Crippen LogP) is 3.65. The Morgan fingerprint density at radius 2 is 1.92 bits per heavy atom. The maximum atomic E-state index is 11.3. The first-order valence-electron chi connectivity index (χ1n) is 8.49. The summed E-state index contributed by atoms with van der Waals surface area (Å²) in [7, 11) is -1.81. The van der Waals surface area contributed by atoms with Crippen molar-refractivity contribution >= 4 is 14.3 Å². The third-order valence-corrected chi connectivity index (χ3v) is 9.33. The van der Waals surface area contributed by atoms with Crippen molar-refractivity contribution in [1.82, 2.24) is 5.32 Å². The van der Waals surface area contributed by atoms with Gasteiger partial charge in [0.25, 0.3) is 0 Å². The van der Waals surface area contributed by atoms with Gasteiger partial charge in [-0.2, -0.15) is 0 Å². The number of ether oxygens (including phenoxy) is 1. The van der Waals surface area contributed by atoms with Gasteiger partial charge in [0.05, 0.1) is 18.3 Å². The number of hydrogen-bond donors (Lipinski definition) is 1. The van der Waals surface area contributed by atoms with E-state index in [1.165, 1.54) is 11.6 Å². The fraction of sp³-hybridized carbons (Fsp3) is 0.526. The molecular formula is C19H29NO3Si. The monoisotopic (exact) mass is 347 g/mol. The van der Waals surface area contributed by atoms with Gasteiger partial charge >= 0.3 is 5.97 Å². The Morgan fingerprint density at radius 3 is 2.46 bits per heavy atom. The van der Waals surface area contributed by atoms with Gasteiger partial charge in [-0.05, 0) is 30.1 Å². The molecule has 0 saturated heterocycles. The molecule has 2 rings (SSSR count). The van der Waals surface area contributed by atoms with Crippen molar-refractivity contribution in [2.45, 2.75) is 51.4 Å². The summed E-state index contributed by atoms with van der Waals surface area (Å²) in [6.07, 6.45) is 2.38. The molecule has 0 fully saturated rings. The van der Waals surface area contributed by atoms with Crippen LogP contribution in [0.4, 0.5) is 0 Å². The Labute approximate surface area is 146 Å². The Kier molecular flexibility index (Phi) is 5.88. The average molecular weight is 348 g/mol. The SMILES string of the molecule is CC(C)(C)[Si](C)(C)OC[C@@H](Cc1ccccc1)NC1=CC(=O)OC1. The summed E-state index contributed by atoms with van der Waals surface area (Å²) in [4.78, 5) is 11.3. The van der Waals surface area contributed by atoms with Crippen LogP contribution < -0.4 is 5.32 Å². The fourth-order valence-electron chi connectivity index (χ4n) is 2.30. The van der Waals surface area contributed by atoms with Crippen LogP contribution in [0.3, 0.4) is 0 Å². The van der Waals surface area contributed by atoms with Gasteiger partial charge in [0.1, 0.15) is 6.61 Å². The minimum absolute atomic E-state index is 0.113. The number of hydrogen-bond acceptors (Lipinski definition) is 4. The molecular weight excluding hydrogens is 318 g/mol. The van der Waals surface area contributed by atoms with Gasteiger partial charge in [0.15, 0.2) is 8.32 Å². The van der Waals surface area contributed by atoms with Gasteiger partial charge in [-0.3, -0.25) is 0 Å². The smallest absolute Gasteiger partial charge is 0.333 e. The predicted molar refractivity (Wildman–Crippen MR) is 99.3 cm³/mol. The number of esters is 1. The summed E-state index contributed by atoms with van der Waals surface area (Å²) in [5.41, 5.74) is 2.08. The minimum atomic E-state index is -1.81. The number of carbonyl (C=O) groups excluding carboxylic acids is 1. The van der Waals surface area contributed by atoms with Crippen LogP contribution in [0, 0.1) is 0 Å². The van der Waals surface area contributed by atoms with E-state index in [1.807, 2.05) is 18.2 Å². The molecule has 1 aliphatic heterocycles. The standard InChI is InChI=1S/C19H29NO3Si/c1-19(2,3)24(4,5)23-14-16(11-15-9-7-6-8-10-15)20-17-12-18(21)22-13-17/h6-10,12,16,20H,11,13-14H2,1-5H3/t16-/m1/s1. The molecule has 132 valence electrons. The number of cyclic esters (lactones) is 1. The molecule has 0 aliphatic carbocycles. The van der Waals surface area contributed by atoms with E-state index in [0.717, 1.165) is 12.1 Å². The zero-order chi connectivity index (χ0) is 17.8. The van der Waals surface area contributed by atoms with Crippen LogP contribution in [0.5, 0.6) is 0 Å². The third-order valence-electron chi connectivity index (χ3n) is 4.83. The highest BCUT2D eigenvalue weighted by molar-refractivity contribution is 6.74. The Bertz CT molecular complexity index is 590. The maximum absolute atomic E-state index is 11.3. The van der Waals surface area contributed by atoms with Crippen LogP contribution in [0.1, 0.15) is 26.3 Å². The lowest BCUT2D eigenvalue weighted by Crippen LogP contribution is -2.45. The lowest BCUT2D eigenvalue weighted by atomic mass is 10.1. The summed E-state index contributed by atoms with van der Waals surface area (Å²) in [5, 5.41) is 3.61. The van der Waals surface area contributed by atoms with Crippen molar-refractivity contribution < 1.29 is 14.0 Å². The molecule has 5 heteroatoms. The maximum Gasteiger partial charge on any atom is 0.333 e. The second-order valence-electron chi connectivity index (χ2n) is 7.88. The van der Waals surface area contributed by atoms with Crippen molar-refractivity contribution in [3.63, 3.8) is 0 Å². The van der Waals surface area contributed by atoms with Crippen LogP contribution in [0.25, 0.3) is 0 Å². The molecule has 1 atom stereocenters. The molecule has 1 heterocycles. The third kappa shape index (κ3) is 5.21. The first-order chi connectivity index (χ1) is 11.2. The van der Waals surface area contributed by atoms with Gasteiger partial charge in [0, 0.05) is 6.08 Å². The van der Waals surface area contributed by atoms with Crippen LogP contribution in [0.15, 0.2) is 42.1 Å². The Morgan fingerprint density at radius 1 is 1.25 bits per heavy atom. The van der Waals surface area contributed by atoms with Crippen LogP contribution in [0.2, 0.25) is 18.1 Å². The highest BCUT2D eigenvalue weighted by atomic mass is 28.4. The van der Waals surface area contributed by atoms with Crippen LogP contribution in [-0.2, 0) is 20.4 Å². The van der Waals surface area contributed by atoms with E-state index in [2.05, 4.69) is 51.3 Å². The molecule has 0 spiro atoms. The summed E-state index contributed by atoms with van der Waals surface area (Å²) < 4.78 is 11.4. The zero-order valence-electron chi connectivity index (χ0n) is 15.4. The normalized spacial score (nSPS) is 16.5. The fourth-order valence-corrected chi connectivity index (χ4v) is 3.35. The van der Waals surface area contributed by atoms with Gasteiger partial charge in [-0.15, -0.1) is 0 Å². The first kappa shape index (κ1) is 18.7. The van der Waals surface area contributed by atoms with E-state index < -0.39 is 8.32 Å². The van der Waals surface area contributed by atoms with Crippen molar-refractivity contribution in [3.05, 3.63) is 47.7 Å². The molecule has 0 bridgehead atoms. The minimum Gasteiger partial charge on any atom is -0.456 e. The molecule has 0 radical (unpaired) electrons. The average Bonchev–Trinajstić information content (AvgIpc) is 2.90. The van der Waals surface area contributed by atoms with E-state index in [-0.39, 0.29) is 17.0 Å². The second kappa shape index (κ2) is 7.53. The van der Waals surface area contributed by atoms with Crippen LogP contribution in [-0.4, -0.2) is 33.5 Å². The van der Waals surface area contributed by atoms with Gasteiger partial charge in [-0.25, -0.2) is 4.79 Å². The van der Waals surface area contributed by atoms with Gasteiger partial charge < -0.3 is 14.5 Å². The van der Waals surface area contributed by atoms with Crippen LogP contribution >= 0.6 is 0 Å². The second-order valence-corrected chi connectivity index (χ2v) is 12.7. The summed E-state index contributed by atoms with van der Waals surface area (Å²) in [6, 6.07) is 10.5. The Hall–Kier alpha value is -1.59. The molecule has 1 N–H and O–H groups in total. The van der Waals surface area contributed by atoms with E-state index in [1.54, 1.807) is 0 Å². The first-order valence-corrected chi connectivity index (χ1v) is 11.4. The molecule has 0 unspecified atom stereocenters. The largest absolute Gasteiger partial charge is 0.456 e. The summed E-state index contributed by atoms with van der Waals surface area (Å²) in [6.45, 7) is 12.2. The number of rotatable bonds is 7. The quantitative estimate of drug-likeness (QED) is 0.604. The van der Waals surface area contributed by atoms with Crippen molar-refractivity contribution in [3.8, 4) is 0 Å². The molecule has 0 saturated carbocycles. The van der Waals surface area contributed by atoms with E-state index in [4.69, 9.17) is 9.16 Å². The van der Waals surface area contributed by atoms with Gasteiger partial charge in [0.2, 0.25) is 0 Å². The lowest BCUT2D eigenvalue weighted by Gasteiger charge is -2.37. The highest BCUT2D eigenvalue weighted by Crippen LogP contribution is 2.36.